The number of ether oxygens (including phenoxy) is 1. The second kappa shape index (κ2) is 6.37. The third-order valence-electron chi connectivity index (χ3n) is 3.18. The van der Waals surface area contributed by atoms with Crippen molar-refractivity contribution in [3.63, 3.8) is 0 Å². The van der Waals surface area contributed by atoms with Crippen LogP contribution in [-0.4, -0.2) is 10.0 Å². The number of nitro benzene ring substituents is 1. The molecule has 0 saturated carbocycles. The average Bonchev–Trinajstić information content (AvgIpc) is 2.47. The molecule has 2 rings (SSSR count). The standard InChI is InChI=1S/C16H17NO4/c1-11(2)12-4-3-5-14(8-12)21-15-6-7-16(17(19)20)13(9-15)10-18/h3-9,11,18H,10H2,1-2H3. The average molecular weight is 287 g/mol. The summed E-state index contributed by atoms with van der Waals surface area (Å²) >= 11 is 0. The second-order valence-electron chi connectivity index (χ2n) is 5.03. The topological polar surface area (TPSA) is 72.6 Å². The molecular weight excluding hydrogens is 270 g/mol. The zero-order chi connectivity index (χ0) is 15.4. The van der Waals surface area contributed by atoms with E-state index in [1.165, 1.54) is 18.2 Å². The van der Waals surface area contributed by atoms with Crippen LogP contribution in [-0.2, 0) is 6.61 Å². The Kier molecular flexibility index (Phi) is 4.55. The Balaban J connectivity index is 2.27. The minimum absolute atomic E-state index is 0.110. The van der Waals surface area contributed by atoms with Gasteiger partial charge in [0.25, 0.3) is 5.69 Å². The first-order valence-electron chi connectivity index (χ1n) is 6.67. The quantitative estimate of drug-likeness (QED) is 0.666. The minimum atomic E-state index is -0.519. The van der Waals surface area contributed by atoms with Crippen molar-refractivity contribution in [3.8, 4) is 11.5 Å². The summed E-state index contributed by atoms with van der Waals surface area (Å²) in [5, 5.41) is 20.0. The number of nitrogens with zero attached hydrogens (tertiary/aromatic N) is 1. The second-order valence-corrected chi connectivity index (χ2v) is 5.03. The van der Waals surface area contributed by atoms with E-state index in [0.717, 1.165) is 5.56 Å². The third kappa shape index (κ3) is 3.58. The number of aliphatic hydroxyl groups excluding tert-OH is 1. The van der Waals surface area contributed by atoms with Gasteiger partial charge in [0.2, 0.25) is 0 Å². The van der Waals surface area contributed by atoms with Crippen LogP contribution in [0.5, 0.6) is 11.5 Å². The van der Waals surface area contributed by atoms with Crippen molar-refractivity contribution < 1.29 is 14.8 Å². The van der Waals surface area contributed by atoms with Crippen molar-refractivity contribution in [2.24, 2.45) is 0 Å². The molecule has 0 aliphatic heterocycles. The van der Waals surface area contributed by atoms with Crippen LogP contribution in [0.1, 0.15) is 30.9 Å². The highest BCUT2D eigenvalue weighted by Crippen LogP contribution is 2.29. The summed E-state index contributed by atoms with van der Waals surface area (Å²) < 4.78 is 5.71. The molecule has 0 atom stereocenters. The molecule has 1 N–H and O–H groups in total. The predicted molar refractivity (Wildman–Crippen MR) is 79.6 cm³/mol. The first kappa shape index (κ1) is 15.0. The van der Waals surface area contributed by atoms with Crippen molar-refractivity contribution in [2.75, 3.05) is 0 Å². The molecule has 0 amide bonds. The molecule has 0 radical (unpaired) electrons. The van der Waals surface area contributed by atoms with Gasteiger partial charge < -0.3 is 9.84 Å². The maximum absolute atomic E-state index is 10.8. The Morgan fingerprint density at radius 3 is 2.52 bits per heavy atom. The smallest absolute Gasteiger partial charge is 0.275 e. The highest BCUT2D eigenvalue weighted by molar-refractivity contribution is 5.46. The normalized spacial score (nSPS) is 10.7. The van der Waals surface area contributed by atoms with E-state index in [-0.39, 0.29) is 11.3 Å². The summed E-state index contributed by atoms with van der Waals surface area (Å²) in [4.78, 5) is 10.3. The molecule has 0 fully saturated rings. The zero-order valence-electron chi connectivity index (χ0n) is 11.9. The van der Waals surface area contributed by atoms with Crippen LogP contribution in [0.25, 0.3) is 0 Å². The first-order valence-corrected chi connectivity index (χ1v) is 6.67. The van der Waals surface area contributed by atoms with Gasteiger partial charge in [-0.2, -0.15) is 0 Å². The zero-order valence-corrected chi connectivity index (χ0v) is 11.9. The largest absolute Gasteiger partial charge is 0.457 e. The van der Waals surface area contributed by atoms with Gasteiger partial charge in [0, 0.05) is 6.07 Å². The van der Waals surface area contributed by atoms with Crippen LogP contribution in [0, 0.1) is 10.1 Å². The van der Waals surface area contributed by atoms with E-state index >= 15 is 0 Å². The van der Waals surface area contributed by atoms with Gasteiger partial charge in [0.05, 0.1) is 17.1 Å². The van der Waals surface area contributed by atoms with Crippen LogP contribution in [0.15, 0.2) is 42.5 Å². The van der Waals surface area contributed by atoms with Gasteiger partial charge in [-0.1, -0.05) is 26.0 Å². The molecule has 0 unspecified atom stereocenters. The van der Waals surface area contributed by atoms with E-state index in [2.05, 4.69) is 13.8 Å². The van der Waals surface area contributed by atoms with Gasteiger partial charge in [-0.15, -0.1) is 0 Å². The molecule has 110 valence electrons. The minimum Gasteiger partial charge on any atom is -0.457 e. The lowest BCUT2D eigenvalue weighted by molar-refractivity contribution is -0.385. The summed E-state index contributed by atoms with van der Waals surface area (Å²) in [6.45, 7) is 3.78. The van der Waals surface area contributed by atoms with E-state index < -0.39 is 11.5 Å². The lowest BCUT2D eigenvalue weighted by Crippen LogP contribution is -1.96. The van der Waals surface area contributed by atoms with Gasteiger partial charge in [0.15, 0.2) is 0 Å². The molecule has 0 aliphatic rings. The molecule has 0 aliphatic carbocycles. The SMILES string of the molecule is CC(C)c1cccc(Oc2ccc([N+](=O)[O-])c(CO)c2)c1. The lowest BCUT2D eigenvalue weighted by atomic mass is 10.0. The maximum atomic E-state index is 10.8. The molecule has 0 heterocycles. The number of hydrogen-bond acceptors (Lipinski definition) is 4. The summed E-state index contributed by atoms with van der Waals surface area (Å²) in [5.74, 6) is 1.52. The Morgan fingerprint density at radius 2 is 1.90 bits per heavy atom. The Bertz CT molecular complexity index is 652. The molecule has 2 aromatic carbocycles. The fourth-order valence-corrected chi connectivity index (χ4v) is 2.00. The van der Waals surface area contributed by atoms with E-state index in [4.69, 9.17) is 4.74 Å². The van der Waals surface area contributed by atoms with Crippen molar-refractivity contribution >= 4 is 5.69 Å². The summed E-state index contributed by atoms with van der Waals surface area (Å²) in [6, 6.07) is 12.0. The highest BCUT2D eigenvalue weighted by Gasteiger charge is 2.14. The number of benzene rings is 2. The predicted octanol–water partition coefficient (Wildman–Crippen LogP) is 4.00. The molecule has 0 saturated heterocycles. The van der Waals surface area contributed by atoms with E-state index in [1.54, 1.807) is 0 Å². The van der Waals surface area contributed by atoms with E-state index in [0.29, 0.717) is 17.4 Å². The van der Waals surface area contributed by atoms with Crippen LogP contribution in [0.4, 0.5) is 5.69 Å². The molecule has 0 aromatic heterocycles. The van der Waals surface area contributed by atoms with Gasteiger partial charge in [-0.25, -0.2) is 0 Å². The number of aliphatic hydroxyl groups is 1. The lowest BCUT2D eigenvalue weighted by Gasteiger charge is -2.10. The molecule has 5 heteroatoms. The van der Waals surface area contributed by atoms with E-state index in [9.17, 15) is 15.2 Å². The maximum Gasteiger partial charge on any atom is 0.275 e. The van der Waals surface area contributed by atoms with Crippen LogP contribution in [0.3, 0.4) is 0 Å². The molecule has 2 aromatic rings. The molecule has 21 heavy (non-hydrogen) atoms. The van der Waals surface area contributed by atoms with Gasteiger partial charge >= 0.3 is 0 Å². The summed E-state index contributed by atoms with van der Waals surface area (Å²) in [7, 11) is 0. The fourth-order valence-electron chi connectivity index (χ4n) is 2.00. The molecule has 5 nitrogen and oxygen atoms in total. The first-order chi connectivity index (χ1) is 10.0. The van der Waals surface area contributed by atoms with Crippen LogP contribution < -0.4 is 4.74 Å². The summed E-state index contributed by atoms with van der Waals surface area (Å²) in [6.07, 6.45) is 0. The highest BCUT2D eigenvalue weighted by atomic mass is 16.6. The van der Waals surface area contributed by atoms with Gasteiger partial charge in [-0.3, -0.25) is 10.1 Å². The third-order valence-corrected chi connectivity index (χ3v) is 3.18. The Labute approximate surface area is 123 Å². The van der Waals surface area contributed by atoms with Crippen LogP contribution in [0.2, 0.25) is 0 Å². The van der Waals surface area contributed by atoms with Crippen molar-refractivity contribution in [1.82, 2.24) is 0 Å². The van der Waals surface area contributed by atoms with Crippen LogP contribution >= 0.6 is 0 Å². The van der Waals surface area contributed by atoms with Crippen molar-refractivity contribution in [3.05, 3.63) is 63.7 Å². The van der Waals surface area contributed by atoms with Crippen molar-refractivity contribution in [1.29, 1.82) is 0 Å². The molecule has 0 bridgehead atoms. The van der Waals surface area contributed by atoms with Gasteiger partial charge in [-0.05, 0) is 35.7 Å². The fraction of sp³-hybridized carbons (Fsp3) is 0.250. The van der Waals surface area contributed by atoms with Gasteiger partial charge in [0.1, 0.15) is 11.5 Å². The van der Waals surface area contributed by atoms with E-state index in [1.807, 2.05) is 24.3 Å². The monoisotopic (exact) mass is 287 g/mol. The Hall–Kier alpha value is -2.40. The number of rotatable bonds is 5. The number of nitro groups is 1. The number of hydrogen-bond donors (Lipinski definition) is 1. The summed E-state index contributed by atoms with van der Waals surface area (Å²) in [5.41, 5.74) is 1.27. The molecule has 0 spiro atoms. The Morgan fingerprint density at radius 1 is 1.19 bits per heavy atom. The van der Waals surface area contributed by atoms with Crippen molar-refractivity contribution in [2.45, 2.75) is 26.4 Å². The molecular formula is C16H17NO4.